The third kappa shape index (κ3) is 5.73. The molecule has 9 heteroatoms. The second-order valence-corrected chi connectivity index (χ2v) is 4.14. The minimum atomic E-state index is -0.919. The van der Waals surface area contributed by atoms with E-state index in [1.54, 1.807) is 18.2 Å². The first kappa shape index (κ1) is 18.1. The predicted molar refractivity (Wildman–Crippen MR) is 81.1 cm³/mol. The largest absolute Gasteiger partial charge is 0.493 e. The summed E-state index contributed by atoms with van der Waals surface area (Å²) in [5.74, 6) is 0.969. The van der Waals surface area contributed by atoms with Crippen molar-refractivity contribution in [2.75, 3.05) is 34.5 Å². The average Bonchev–Trinajstić information content (AvgIpc) is 2.55. The van der Waals surface area contributed by atoms with Crippen LogP contribution >= 0.6 is 0 Å². The number of ether oxygens (including phenoxy) is 3. The number of methoxy groups -OCH3 is 3. The molecule has 0 fully saturated rings. The Morgan fingerprint density at radius 3 is 2.30 bits per heavy atom. The number of carbonyl (C=O) groups excluding carboxylic acids is 1. The number of rotatable bonds is 9. The van der Waals surface area contributed by atoms with Gasteiger partial charge in [0.1, 0.15) is 6.61 Å². The van der Waals surface area contributed by atoms with Crippen LogP contribution in [0.15, 0.2) is 18.2 Å². The summed E-state index contributed by atoms with van der Waals surface area (Å²) >= 11 is 0. The van der Waals surface area contributed by atoms with Crippen LogP contribution in [-0.4, -0.2) is 45.5 Å². The highest BCUT2D eigenvalue weighted by Crippen LogP contribution is 2.38. The molecular weight excluding hydrogens is 308 g/mol. The van der Waals surface area contributed by atoms with Gasteiger partial charge >= 0.3 is 0 Å². The van der Waals surface area contributed by atoms with Crippen LogP contribution in [0.4, 0.5) is 0 Å². The summed E-state index contributed by atoms with van der Waals surface area (Å²) in [7, 11) is 4.48. The number of nitrogens with zero attached hydrogens (tertiary/aromatic N) is 1. The van der Waals surface area contributed by atoms with Gasteiger partial charge in [-0.2, -0.15) is 0 Å². The molecule has 0 saturated carbocycles. The molecule has 1 amide bonds. The maximum Gasteiger partial charge on any atom is 0.294 e. The Bertz CT molecular complexity index is 561. The fourth-order valence-electron chi connectivity index (χ4n) is 1.72. The first-order valence-electron chi connectivity index (χ1n) is 6.55. The van der Waals surface area contributed by atoms with E-state index >= 15 is 0 Å². The van der Waals surface area contributed by atoms with Gasteiger partial charge in [-0.3, -0.25) is 4.79 Å². The molecule has 0 bridgehead atoms. The van der Waals surface area contributed by atoms with Crippen LogP contribution < -0.4 is 19.5 Å². The number of hydrogen-bond acceptors (Lipinski definition) is 7. The minimum absolute atomic E-state index is 0.0272. The van der Waals surface area contributed by atoms with Crippen molar-refractivity contribution in [2.45, 2.75) is 0 Å². The van der Waals surface area contributed by atoms with Crippen molar-refractivity contribution in [1.82, 2.24) is 5.32 Å². The molecule has 0 aliphatic rings. The maximum absolute atomic E-state index is 11.6. The van der Waals surface area contributed by atoms with Crippen molar-refractivity contribution in [2.24, 2.45) is 0 Å². The standard InChI is InChI=1S/C14H18N2O7/c1-20-11-8-10(9-12(21-2)14(11)22-3)4-5-13(17)15-6-7-23-16(18)19/h4-5,8-9H,6-7H2,1-3H3,(H,15,17). The molecule has 1 rings (SSSR count). The average molecular weight is 326 g/mol. The third-order valence-corrected chi connectivity index (χ3v) is 2.71. The SMILES string of the molecule is COc1cc(C=CC(=O)NCCO[N+](=O)[O-])cc(OC)c1OC. The van der Waals surface area contributed by atoms with Crippen LogP contribution in [0.3, 0.4) is 0 Å². The van der Waals surface area contributed by atoms with Crippen LogP contribution in [-0.2, 0) is 9.63 Å². The lowest BCUT2D eigenvalue weighted by Gasteiger charge is -2.12. The van der Waals surface area contributed by atoms with Crippen molar-refractivity contribution in [3.05, 3.63) is 33.9 Å². The van der Waals surface area contributed by atoms with Crippen molar-refractivity contribution < 1.29 is 28.9 Å². The molecule has 0 aromatic heterocycles. The van der Waals surface area contributed by atoms with Gasteiger partial charge in [0, 0.05) is 12.6 Å². The molecule has 1 N–H and O–H groups in total. The van der Waals surface area contributed by atoms with Crippen LogP contribution in [0.5, 0.6) is 17.2 Å². The Balaban J connectivity index is 2.72. The van der Waals surface area contributed by atoms with E-state index in [4.69, 9.17) is 14.2 Å². The zero-order valence-corrected chi connectivity index (χ0v) is 13.0. The fraction of sp³-hybridized carbons (Fsp3) is 0.357. The first-order chi connectivity index (χ1) is 11.0. The summed E-state index contributed by atoms with van der Waals surface area (Å²) in [5, 5.41) is 11.5. The molecule has 1 aromatic carbocycles. The van der Waals surface area contributed by atoms with Crippen LogP contribution in [0.25, 0.3) is 6.08 Å². The second-order valence-electron chi connectivity index (χ2n) is 4.14. The zero-order chi connectivity index (χ0) is 17.2. The highest BCUT2D eigenvalue weighted by atomic mass is 16.9. The summed E-state index contributed by atoms with van der Waals surface area (Å²) in [6.07, 6.45) is 2.83. The Morgan fingerprint density at radius 2 is 1.83 bits per heavy atom. The molecule has 9 nitrogen and oxygen atoms in total. The predicted octanol–water partition coefficient (Wildman–Crippen LogP) is 1.05. The summed E-state index contributed by atoms with van der Waals surface area (Å²) in [6, 6.07) is 3.36. The molecule has 1 aromatic rings. The monoisotopic (exact) mass is 326 g/mol. The Hall–Kier alpha value is -2.97. The molecule has 0 unspecified atom stereocenters. The Morgan fingerprint density at radius 1 is 1.22 bits per heavy atom. The number of benzene rings is 1. The van der Waals surface area contributed by atoms with E-state index in [0.717, 1.165) is 0 Å². The van der Waals surface area contributed by atoms with E-state index < -0.39 is 11.0 Å². The lowest BCUT2D eigenvalue weighted by atomic mass is 10.1. The van der Waals surface area contributed by atoms with Crippen LogP contribution in [0, 0.1) is 10.1 Å². The quantitative estimate of drug-likeness (QED) is 0.312. The lowest BCUT2D eigenvalue weighted by molar-refractivity contribution is -0.757. The molecule has 23 heavy (non-hydrogen) atoms. The van der Waals surface area contributed by atoms with Crippen molar-refractivity contribution in [3.63, 3.8) is 0 Å². The second kappa shape index (κ2) is 9.13. The summed E-state index contributed by atoms with van der Waals surface area (Å²) in [6.45, 7) is -0.184. The summed E-state index contributed by atoms with van der Waals surface area (Å²) in [4.78, 5) is 25.6. The van der Waals surface area contributed by atoms with Gasteiger partial charge in [0.05, 0.1) is 21.3 Å². The normalized spacial score (nSPS) is 10.2. The smallest absolute Gasteiger partial charge is 0.294 e. The Labute approximate surface area is 132 Å². The molecule has 0 heterocycles. The van der Waals surface area contributed by atoms with Gasteiger partial charge in [0.25, 0.3) is 5.09 Å². The first-order valence-corrected chi connectivity index (χ1v) is 6.55. The van der Waals surface area contributed by atoms with Gasteiger partial charge in [-0.05, 0) is 23.8 Å². The van der Waals surface area contributed by atoms with E-state index in [1.807, 2.05) is 0 Å². The molecule has 0 aliphatic carbocycles. The maximum atomic E-state index is 11.6. The summed E-state index contributed by atoms with van der Waals surface area (Å²) in [5.41, 5.74) is 0.663. The lowest BCUT2D eigenvalue weighted by Crippen LogP contribution is -2.26. The van der Waals surface area contributed by atoms with E-state index in [2.05, 4.69) is 10.2 Å². The zero-order valence-electron chi connectivity index (χ0n) is 13.0. The van der Waals surface area contributed by atoms with Crippen LogP contribution in [0.1, 0.15) is 5.56 Å². The number of carbonyl (C=O) groups is 1. The number of nitrogens with one attached hydrogen (secondary N) is 1. The molecule has 0 atom stereocenters. The van der Waals surface area contributed by atoms with Gasteiger partial charge in [-0.15, -0.1) is 10.1 Å². The van der Waals surface area contributed by atoms with Gasteiger partial charge in [-0.25, -0.2) is 0 Å². The van der Waals surface area contributed by atoms with E-state index in [9.17, 15) is 14.9 Å². The molecular formula is C14H18N2O7. The van der Waals surface area contributed by atoms with Crippen molar-refractivity contribution >= 4 is 12.0 Å². The molecule has 126 valence electrons. The minimum Gasteiger partial charge on any atom is -0.493 e. The number of hydrogen-bond donors (Lipinski definition) is 1. The molecule has 0 aliphatic heterocycles. The van der Waals surface area contributed by atoms with E-state index in [1.165, 1.54) is 27.4 Å². The van der Waals surface area contributed by atoms with Crippen molar-refractivity contribution in [3.8, 4) is 17.2 Å². The molecule has 0 saturated heterocycles. The topological polar surface area (TPSA) is 109 Å². The van der Waals surface area contributed by atoms with Gasteiger partial charge in [-0.1, -0.05) is 0 Å². The molecule has 0 spiro atoms. The Kier molecular flexibility index (Phi) is 7.18. The van der Waals surface area contributed by atoms with E-state index in [-0.39, 0.29) is 13.2 Å². The fourth-order valence-corrected chi connectivity index (χ4v) is 1.72. The van der Waals surface area contributed by atoms with E-state index in [0.29, 0.717) is 22.8 Å². The van der Waals surface area contributed by atoms with Gasteiger partial charge in [0.2, 0.25) is 11.7 Å². The van der Waals surface area contributed by atoms with Crippen LogP contribution in [0.2, 0.25) is 0 Å². The highest BCUT2D eigenvalue weighted by Gasteiger charge is 2.12. The van der Waals surface area contributed by atoms with Gasteiger partial charge < -0.3 is 24.4 Å². The third-order valence-electron chi connectivity index (χ3n) is 2.71. The van der Waals surface area contributed by atoms with Crippen molar-refractivity contribution in [1.29, 1.82) is 0 Å². The highest BCUT2D eigenvalue weighted by molar-refractivity contribution is 5.91. The molecule has 0 radical (unpaired) electrons. The van der Waals surface area contributed by atoms with Gasteiger partial charge in [0.15, 0.2) is 11.5 Å². The number of amides is 1. The summed E-state index contributed by atoms with van der Waals surface area (Å²) < 4.78 is 15.6.